The number of aliphatic hydroxyl groups is 1. The van der Waals surface area contributed by atoms with E-state index in [1.807, 2.05) is 42.1 Å². The Morgan fingerprint density at radius 3 is 2.19 bits per heavy atom. The van der Waals surface area contributed by atoms with Crippen LogP contribution in [-0.4, -0.2) is 17.0 Å². The van der Waals surface area contributed by atoms with Crippen LogP contribution in [0.3, 0.4) is 0 Å². The van der Waals surface area contributed by atoms with Crippen molar-refractivity contribution in [2.45, 2.75) is 43.5 Å². The zero-order valence-corrected chi connectivity index (χ0v) is 21.8. The largest absolute Gasteiger partial charge is 0.392 e. The number of ether oxygens (including phenoxy) is 2. The molecule has 37 heavy (non-hydrogen) atoms. The Morgan fingerprint density at radius 2 is 1.49 bits per heavy atom. The van der Waals surface area contributed by atoms with Crippen molar-refractivity contribution in [1.82, 2.24) is 0 Å². The average Bonchev–Trinajstić information content (AvgIpc) is 2.97. The molecule has 0 bridgehead atoms. The van der Waals surface area contributed by atoms with E-state index in [1.54, 1.807) is 0 Å². The molecule has 0 amide bonds. The summed E-state index contributed by atoms with van der Waals surface area (Å²) in [5.74, 6) is 0.992. The lowest BCUT2D eigenvalue weighted by Crippen LogP contribution is -2.38. The van der Waals surface area contributed by atoms with E-state index < -0.39 is 6.29 Å². The van der Waals surface area contributed by atoms with Crippen molar-refractivity contribution in [1.29, 1.82) is 0 Å². The first-order chi connectivity index (χ1) is 18.1. The van der Waals surface area contributed by atoms with E-state index in [-0.39, 0.29) is 24.7 Å². The topological polar surface area (TPSA) is 64.7 Å². The van der Waals surface area contributed by atoms with Crippen molar-refractivity contribution < 1.29 is 14.6 Å². The summed E-state index contributed by atoms with van der Waals surface area (Å²) in [5, 5.41) is 9.48. The van der Waals surface area contributed by atoms with Crippen LogP contribution in [0.5, 0.6) is 0 Å². The lowest BCUT2D eigenvalue weighted by Gasteiger charge is -2.41. The number of nitrogens with two attached hydrogens (primary N) is 1. The predicted octanol–water partition coefficient (Wildman–Crippen LogP) is 6.89. The van der Waals surface area contributed by atoms with E-state index in [0.29, 0.717) is 6.54 Å². The second-order valence-electron chi connectivity index (χ2n) is 9.47. The van der Waals surface area contributed by atoms with Gasteiger partial charge in [-0.15, -0.1) is 11.8 Å². The van der Waals surface area contributed by atoms with Crippen molar-refractivity contribution in [2.75, 3.05) is 5.75 Å². The van der Waals surface area contributed by atoms with Gasteiger partial charge in [-0.25, -0.2) is 0 Å². The molecule has 5 heteroatoms. The normalized spacial score (nSPS) is 21.6. The van der Waals surface area contributed by atoms with Gasteiger partial charge in [0, 0.05) is 28.7 Å². The van der Waals surface area contributed by atoms with E-state index in [2.05, 4.69) is 79.7 Å². The van der Waals surface area contributed by atoms with Gasteiger partial charge in [0.2, 0.25) is 0 Å². The molecule has 4 aromatic rings. The molecule has 0 saturated carbocycles. The Labute approximate surface area is 223 Å². The van der Waals surface area contributed by atoms with Crippen LogP contribution in [0.1, 0.15) is 41.6 Å². The van der Waals surface area contributed by atoms with Gasteiger partial charge >= 0.3 is 0 Å². The van der Waals surface area contributed by atoms with Crippen LogP contribution in [0, 0.1) is 5.92 Å². The summed E-state index contributed by atoms with van der Waals surface area (Å²) < 4.78 is 13.2. The van der Waals surface area contributed by atoms with Crippen molar-refractivity contribution in [3.05, 3.63) is 125 Å². The fraction of sp³-hybridized carbons (Fsp3) is 0.250. The number of hydrogen-bond acceptors (Lipinski definition) is 5. The lowest BCUT2D eigenvalue weighted by molar-refractivity contribution is -0.268. The standard InChI is InChI=1S/C32H33NO3S/c1-22-30(21-37-29-8-3-2-4-9-29)35-32(36-31(22)26-12-10-23(20-34)11-13-26)27-16-14-25(15-17-27)28-7-5-6-24(18-28)19-33/h2-18,22,30-32,34H,19-21,33H2,1H3/t22-,30+,31+,32+/m0/s1. The third-order valence-electron chi connectivity index (χ3n) is 6.96. The molecular weight excluding hydrogens is 478 g/mol. The van der Waals surface area contributed by atoms with Crippen molar-refractivity contribution in [3.63, 3.8) is 0 Å². The molecule has 0 aliphatic carbocycles. The number of hydrogen-bond donors (Lipinski definition) is 2. The summed E-state index contributed by atoms with van der Waals surface area (Å²) in [5.41, 5.74) is 12.2. The van der Waals surface area contributed by atoms with Crippen molar-refractivity contribution in [3.8, 4) is 11.1 Å². The molecule has 3 N–H and O–H groups in total. The highest BCUT2D eigenvalue weighted by Gasteiger charge is 2.38. The Hall–Kier alpha value is -2.93. The molecule has 0 aromatic heterocycles. The van der Waals surface area contributed by atoms with Crippen LogP contribution < -0.4 is 5.73 Å². The molecule has 0 spiro atoms. The minimum Gasteiger partial charge on any atom is -0.392 e. The first kappa shape index (κ1) is 25.7. The third-order valence-corrected chi connectivity index (χ3v) is 8.06. The Bertz CT molecular complexity index is 1280. The molecule has 1 aliphatic heterocycles. The zero-order chi connectivity index (χ0) is 25.6. The molecule has 5 rings (SSSR count). The highest BCUT2D eigenvalue weighted by atomic mass is 32.2. The highest BCUT2D eigenvalue weighted by molar-refractivity contribution is 7.99. The Kier molecular flexibility index (Phi) is 8.39. The molecule has 4 aromatic carbocycles. The minimum absolute atomic E-state index is 0.00684. The minimum atomic E-state index is -0.468. The predicted molar refractivity (Wildman–Crippen MR) is 150 cm³/mol. The zero-order valence-electron chi connectivity index (χ0n) is 21.0. The fourth-order valence-corrected chi connectivity index (χ4v) is 5.80. The summed E-state index contributed by atoms with van der Waals surface area (Å²) in [6.07, 6.45) is -0.578. The van der Waals surface area contributed by atoms with Crippen LogP contribution in [0.25, 0.3) is 11.1 Å². The summed E-state index contributed by atoms with van der Waals surface area (Å²) in [4.78, 5) is 1.23. The maximum absolute atomic E-state index is 9.48. The van der Waals surface area contributed by atoms with Crippen molar-refractivity contribution >= 4 is 11.8 Å². The van der Waals surface area contributed by atoms with E-state index >= 15 is 0 Å². The van der Waals surface area contributed by atoms with Gasteiger partial charge in [0.25, 0.3) is 0 Å². The molecule has 0 unspecified atom stereocenters. The van der Waals surface area contributed by atoms with E-state index in [4.69, 9.17) is 15.2 Å². The van der Waals surface area contributed by atoms with Crippen molar-refractivity contribution in [2.24, 2.45) is 11.7 Å². The molecule has 4 atom stereocenters. The summed E-state index contributed by atoms with van der Waals surface area (Å²) in [6, 6.07) is 35.2. The van der Waals surface area contributed by atoms with Crippen LogP contribution >= 0.6 is 11.8 Å². The Morgan fingerprint density at radius 1 is 0.757 bits per heavy atom. The second-order valence-corrected chi connectivity index (χ2v) is 10.6. The first-order valence-corrected chi connectivity index (χ1v) is 13.7. The van der Waals surface area contributed by atoms with Crippen LogP contribution in [0.2, 0.25) is 0 Å². The lowest BCUT2D eigenvalue weighted by atomic mass is 9.91. The number of rotatable bonds is 8. The highest BCUT2D eigenvalue weighted by Crippen LogP contribution is 2.43. The molecule has 4 nitrogen and oxygen atoms in total. The van der Waals surface area contributed by atoms with Gasteiger partial charge in [-0.3, -0.25) is 0 Å². The van der Waals surface area contributed by atoms with E-state index in [9.17, 15) is 5.11 Å². The van der Waals surface area contributed by atoms with Crippen LogP contribution in [0.15, 0.2) is 108 Å². The molecule has 190 valence electrons. The summed E-state index contributed by atoms with van der Waals surface area (Å²) >= 11 is 1.81. The van der Waals surface area contributed by atoms with Gasteiger partial charge in [-0.1, -0.05) is 91.9 Å². The average molecular weight is 512 g/mol. The number of thioether (sulfide) groups is 1. The molecule has 0 radical (unpaired) electrons. The summed E-state index contributed by atoms with van der Waals surface area (Å²) in [6.45, 7) is 2.76. The fourth-order valence-electron chi connectivity index (χ4n) is 4.72. The SMILES string of the molecule is C[C@H]1[C@@H](CSc2ccccc2)O[C@@H](c2ccc(-c3cccc(CN)c3)cc2)O[C@H]1c1ccc(CO)cc1. The smallest absolute Gasteiger partial charge is 0.184 e. The summed E-state index contributed by atoms with van der Waals surface area (Å²) in [7, 11) is 0. The Balaban J connectivity index is 1.39. The van der Waals surface area contributed by atoms with Gasteiger partial charge in [0.15, 0.2) is 6.29 Å². The van der Waals surface area contributed by atoms with E-state index in [1.165, 1.54) is 4.90 Å². The van der Waals surface area contributed by atoms with Gasteiger partial charge in [0.05, 0.1) is 18.8 Å². The van der Waals surface area contributed by atoms with Gasteiger partial charge < -0.3 is 20.3 Å². The van der Waals surface area contributed by atoms with Gasteiger partial charge in [0.1, 0.15) is 0 Å². The monoisotopic (exact) mass is 511 g/mol. The molecule has 1 saturated heterocycles. The molecule has 1 fully saturated rings. The number of aliphatic hydroxyl groups excluding tert-OH is 1. The van der Waals surface area contributed by atoms with Gasteiger partial charge in [-0.05, 0) is 46.0 Å². The molecule has 1 heterocycles. The quantitative estimate of drug-likeness (QED) is 0.252. The third kappa shape index (κ3) is 6.15. The molecule has 1 aliphatic rings. The van der Waals surface area contributed by atoms with Crippen LogP contribution in [0.4, 0.5) is 0 Å². The maximum atomic E-state index is 9.48. The van der Waals surface area contributed by atoms with E-state index in [0.717, 1.165) is 39.1 Å². The first-order valence-electron chi connectivity index (χ1n) is 12.7. The number of benzene rings is 4. The second kappa shape index (κ2) is 12.1. The van der Waals surface area contributed by atoms with Gasteiger partial charge in [-0.2, -0.15) is 0 Å². The molecular formula is C32H33NO3S. The van der Waals surface area contributed by atoms with Crippen LogP contribution in [-0.2, 0) is 22.6 Å². The maximum Gasteiger partial charge on any atom is 0.184 e.